The molecular weight excluding hydrogens is 645 g/mol. The number of carbonyl (C=O) groups is 2. The summed E-state index contributed by atoms with van der Waals surface area (Å²) >= 11 is 13.0. The van der Waals surface area contributed by atoms with Crippen LogP contribution in [0, 0.1) is 6.92 Å². The molecule has 242 valence electrons. The van der Waals surface area contributed by atoms with Gasteiger partial charge in [-0.25, -0.2) is 8.42 Å². The summed E-state index contributed by atoms with van der Waals surface area (Å²) in [5.74, 6) is 0.156. The smallest absolute Gasteiger partial charge is 0.264 e. The Balaban J connectivity index is 1.75. The van der Waals surface area contributed by atoms with Gasteiger partial charge in [0.05, 0.1) is 10.6 Å². The third-order valence-corrected chi connectivity index (χ3v) is 9.81. The summed E-state index contributed by atoms with van der Waals surface area (Å²) in [5, 5.41) is 3.51. The summed E-state index contributed by atoms with van der Waals surface area (Å²) in [4.78, 5) is 29.0. The van der Waals surface area contributed by atoms with Gasteiger partial charge in [-0.1, -0.05) is 79.0 Å². The van der Waals surface area contributed by atoms with Gasteiger partial charge in [-0.3, -0.25) is 13.9 Å². The molecule has 0 heterocycles. The Morgan fingerprint density at radius 2 is 1.43 bits per heavy atom. The molecule has 4 aromatic rings. The van der Waals surface area contributed by atoms with E-state index in [9.17, 15) is 18.0 Å². The van der Waals surface area contributed by atoms with Crippen molar-refractivity contribution in [3.63, 3.8) is 0 Å². The topological polar surface area (TPSA) is 96.0 Å². The predicted molar refractivity (Wildman–Crippen MR) is 183 cm³/mol. The number of halogens is 2. The Hall–Kier alpha value is -4.05. The molecule has 0 radical (unpaired) electrons. The second kappa shape index (κ2) is 16.0. The number of carbonyl (C=O) groups excluding carboxylic acids is 2. The normalized spacial score (nSPS) is 11.8. The summed E-state index contributed by atoms with van der Waals surface area (Å²) in [6.07, 6.45) is 0.985. The number of amides is 2. The average Bonchev–Trinajstić information content (AvgIpc) is 3.04. The molecule has 0 saturated heterocycles. The van der Waals surface area contributed by atoms with Crippen LogP contribution < -0.4 is 14.4 Å². The Labute approximate surface area is 280 Å². The van der Waals surface area contributed by atoms with Gasteiger partial charge in [-0.2, -0.15) is 0 Å². The molecule has 4 aromatic carbocycles. The number of hydrogen-bond acceptors (Lipinski definition) is 5. The maximum absolute atomic E-state index is 14.3. The molecule has 4 rings (SSSR count). The van der Waals surface area contributed by atoms with Crippen molar-refractivity contribution in [1.82, 2.24) is 10.2 Å². The third-order valence-electron chi connectivity index (χ3n) is 7.32. The van der Waals surface area contributed by atoms with Crippen LogP contribution in [0.3, 0.4) is 0 Å². The maximum atomic E-state index is 14.3. The number of nitrogens with one attached hydrogen (secondary N) is 1. The maximum Gasteiger partial charge on any atom is 0.264 e. The Bertz CT molecular complexity index is 1710. The number of benzene rings is 4. The molecule has 1 atom stereocenters. The Kier molecular flexibility index (Phi) is 12.1. The standard InChI is InChI=1S/C35H37Cl2N3O5S/c1-4-22-38-35(42)33(5-2)39(23-30-31(36)12-9-13-32(30)37)34(41)24-40(46(43,44)29-20-14-25(3)15-21-29)26-16-18-28(19-17-26)45-27-10-7-6-8-11-27/h6-21,33H,4-5,22-24H2,1-3H3,(H,38,42)/t33-/m1/s1. The minimum absolute atomic E-state index is 0.0175. The SMILES string of the molecule is CCCNC(=O)[C@@H](CC)N(Cc1c(Cl)cccc1Cl)C(=O)CN(c1ccc(Oc2ccccc2)cc1)S(=O)(=O)c1ccc(C)cc1. The van der Waals surface area contributed by atoms with E-state index in [-0.39, 0.29) is 29.5 Å². The fourth-order valence-electron chi connectivity index (χ4n) is 4.81. The molecule has 11 heteroatoms. The monoisotopic (exact) mass is 681 g/mol. The van der Waals surface area contributed by atoms with Crippen molar-refractivity contribution in [2.45, 2.75) is 51.1 Å². The van der Waals surface area contributed by atoms with E-state index in [4.69, 9.17) is 27.9 Å². The van der Waals surface area contributed by atoms with Crippen LogP contribution in [-0.2, 0) is 26.2 Å². The second-order valence-electron chi connectivity index (χ2n) is 10.7. The van der Waals surface area contributed by atoms with Crippen LogP contribution in [0.1, 0.15) is 37.8 Å². The zero-order chi connectivity index (χ0) is 33.3. The zero-order valence-corrected chi connectivity index (χ0v) is 28.3. The lowest BCUT2D eigenvalue weighted by Crippen LogP contribution is -2.52. The number of sulfonamides is 1. The van der Waals surface area contributed by atoms with Crippen LogP contribution in [0.15, 0.2) is 102 Å². The number of rotatable bonds is 14. The number of hydrogen-bond donors (Lipinski definition) is 1. The highest BCUT2D eigenvalue weighted by atomic mass is 35.5. The highest BCUT2D eigenvalue weighted by Crippen LogP contribution is 2.30. The van der Waals surface area contributed by atoms with Crippen molar-refractivity contribution >= 4 is 50.7 Å². The third kappa shape index (κ3) is 8.60. The van der Waals surface area contributed by atoms with E-state index >= 15 is 0 Å². The summed E-state index contributed by atoms with van der Waals surface area (Å²) in [6, 6.07) is 26.1. The van der Waals surface area contributed by atoms with Gasteiger partial charge in [0.15, 0.2) is 0 Å². The van der Waals surface area contributed by atoms with Crippen LogP contribution >= 0.6 is 23.2 Å². The second-order valence-corrected chi connectivity index (χ2v) is 13.3. The molecule has 0 aliphatic heterocycles. The summed E-state index contributed by atoms with van der Waals surface area (Å²) in [5.41, 5.74) is 1.58. The first-order valence-corrected chi connectivity index (χ1v) is 17.2. The van der Waals surface area contributed by atoms with Crippen molar-refractivity contribution in [3.8, 4) is 11.5 Å². The first kappa shape index (κ1) is 34.8. The van der Waals surface area contributed by atoms with Crippen molar-refractivity contribution in [2.24, 2.45) is 0 Å². The minimum atomic E-state index is -4.23. The van der Waals surface area contributed by atoms with Crippen molar-refractivity contribution < 1.29 is 22.7 Å². The minimum Gasteiger partial charge on any atom is -0.457 e. The fourth-order valence-corrected chi connectivity index (χ4v) is 6.74. The molecule has 0 aliphatic carbocycles. The van der Waals surface area contributed by atoms with Crippen molar-refractivity contribution in [1.29, 1.82) is 0 Å². The van der Waals surface area contributed by atoms with Gasteiger partial charge in [-0.05, 0) is 80.4 Å². The number of anilines is 1. The van der Waals surface area contributed by atoms with Gasteiger partial charge >= 0.3 is 0 Å². The molecule has 0 unspecified atom stereocenters. The number of para-hydroxylation sites is 1. The van der Waals surface area contributed by atoms with E-state index in [2.05, 4.69) is 5.32 Å². The number of nitrogens with zero attached hydrogens (tertiary/aromatic N) is 2. The van der Waals surface area contributed by atoms with E-state index in [0.717, 1.165) is 9.87 Å². The highest BCUT2D eigenvalue weighted by molar-refractivity contribution is 7.92. The van der Waals surface area contributed by atoms with Crippen LogP contribution in [-0.4, -0.2) is 44.3 Å². The van der Waals surface area contributed by atoms with Gasteiger partial charge in [0.25, 0.3) is 10.0 Å². The quantitative estimate of drug-likeness (QED) is 0.148. The lowest BCUT2D eigenvalue weighted by atomic mass is 10.1. The Morgan fingerprint density at radius 3 is 2.02 bits per heavy atom. The number of ether oxygens (including phenoxy) is 1. The van der Waals surface area contributed by atoms with E-state index < -0.39 is 28.5 Å². The summed E-state index contributed by atoms with van der Waals surface area (Å²) in [6.45, 7) is 5.31. The largest absolute Gasteiger partial charge is 0.457 e. The van der Waals surface area contributed by atoms with Crippen molar-refractivity contribution in [2.75, 3.05) is 17.4 Å². The van der Waals surface area contributed by atoms with E-state index in [0.29, 0.717) is 40.1 Å². The molecular formula is C35H37Cl2N3O5S. The highest BCUT2D eigenvalue weighted by Gasteiger charge is 2.34. The molecule has 0 bridgehead atoms. The first-order chi connectivity index (χ1) is 22.0. The van der Waals surface area contributed by atoms with Gasteiger partial charge < -0.3 is 15.0 Å². The average molecular weight is 683 g/mol. The lowest BCUT2D eigenvalue weighted by molar-refractivity contribution is -0.140. The van der Waals surface area contributed by atoms with Crippen LogP contribution in [0.5, 0.6) is 11.5 Å². The summed E-state index contributed by atoms with van der Waals surface area (Å²) in [7, 11) is -4.23. The van der Waals surface area contributed by atoms with Gasteiger partial charge in [0.2, 0.25) is 11.8 Å². The first-order valence-electron chi connectivity index (χ1n) is 15.0. The van der Waals surface area contributed by atoms with Crippen LogP contribution in [0.4, 0.5) is 5.69 Å². The molecule has 0 saturated carbocycles. The molecule has 46 heavy (non-hydrogen) atoms. The molecule has 0 spiro atoms. The van der Waals surface area contributed by atoms with Crippen molar-refractivity contribution in [3.05, 3.63) is 118 Å². The van der Waals surface area contributed by atoms with E-state index in [1.807, 2.05) is 32.0 Å². The van der Waals surface area contributed by atoms with Gasteiger partial charge in [-0.15, -0.1) is 0 Å². The molecule has 2 amide bonds. The Morgan fingerprint density at radius 1 is 0.826 bits per heavy atom. The fraction of sp³-hybridized carbons (Fsp3) is 0.257. The van der Waals surface area contributed by atoms with Crippen LogP contribution in [0.25, 0.3) is 0 Å². The van der Waals surface area contributed by atoms with Crippen LogP contribution in [0.2, 0.25) is 10.0 Å². The molecule has 0 fully saturated rings. The molecule has 1 N–H and O–H groups in total. The molecule has 8 nitrogen and oxygen atoms in total. The zero-order valence-electron chi connectivity index (χ0n) is 26.0. The van der Waals surface area contributed by atoms with E-state index in [1.54, 1.807) is 73.7 Å². The van der Waals surface area contributed by atoms with Gasteiger partial charge in [0.1, 0.15) is 24.1 Å². The molecule has 0 aromatic heterocycles. The number of aryl methyl sites for hydroxylation is 1. The predicted octanol–water partition coefficient (Wildman–Crippen LogP) is 7.62. The lowest BCUT2D eigenvalue weighted by Gasteiger charge is -2.33. The van der Waals surface area contributed by atoms with Gasteiger partial charge in [0, 0.05) is 28.7 Å². The molecule has 0 aliphatic rings. The van der Waals surface area contributed by atoms with E-state index in [1.165, 1.54) is 17.0 Å². The summed E-state index contributed by atoms with van der Waals surface area (Å²) < 4.78 is 35.3.